The Hall–Kier alpha value is -3.97. The summed E-state index contributed by atoms with van der Waals surface area (Å²) in [5.74, 6) is -1.82. The highest BCUT2D eigenvalue weighted by Crippen LogP contribution is 2.22. The summed E-state index contributed by atoms with van der Waals surface area (Å²) < 4.78 is 22.5. The van der Waals surface area contributed by atoms with E-state index in [1.807, 2.05) is 0 Å². The van der Waals surface area contributed by atoms with Crippen molar-refractivity contribution in [3.8, 4) is 0 Å². The van der Waals surface area contributed by atoms with Crippen LogP contribution in [-0.2, 0) is 18.9 Å². The molecule has 0 unspecified atom stereocenters. The van der Waals surface area contributed by atoms with Crippen LogP contribution in [0.15, 0.2) is 91.0 Å². The van der Waals surface area contributed by atoms with Gasteiger partial charge < -0.3 is 18.9 Å². The third kappa shape index (κ3) is 5.64. The number of ether oxygens (including phenoxy) is 4. The molecule has 1 aliphatic rings. The van der Waals surface area contributed by atoms with Crippen LogP contribution in [0.2, 0.25) is 0 Å². The Morgan fingerprint density at radius 3 is 1.24 bits per heavy atom. The molecule has 3 aromatic rings. The molecule has 1 heterocycles. The molecule has 7 nitrogen and oxygen atoms in total. The number of esters is 3. The van der Waals surface area contributed by atoms with Crippen LogP contribution in [0.3, 0.4) is 0 Å². The molecule has 0 aromatic heterocycles. The fraction of sp³-hybridized carbons (Fsp3) is 0.192. The average Bonchev–Trinajstić information content (AvgIpc) is 2.87. The number of carbonyl (C=O) groups is 3. The molecular formula is C26H22O7. The SMILES string of the molecule is O=C(OC1[C@@H](OC(=O)c2ccccc2)COC[C@@H]1OC(=O)c1ccccc1)c1ccccc1. The number of carbonyl (C=O) groups excluding carboxylic acids is 3. The van der Waals surface area contributed by atoms with Gasteiger partial charge in [-0.25, -0.2) is 14.4 Å². The van der Waals surface area contributed by atoms with Gasteiger partial charge in [0.2, 0.25) is 0 Å². The van der Waals surface area contributed by atoms with Crippen LogP contribution in [0.5, 0.6) is 0 Å². The molecule has 0 amide bonds. The summed E-state index contributed by atoms with van der Waals surface area (Å²) in [6.07, 6.45) is -2.98. The molecule has 1 aliphatic heterocycles. The van der Waals surface area contributed by atoms with E-state index in [-0.39, 0.29) is 13.2 Å². The predicted molar refractivity (Wildman–Crippen MR) is 118 cm³/mol. The van der Waals surface area contributed by atoms with Crippen molar-refractivity contribution in [3.05, 3.63) is 108 Å². The van der Waals surface area contributed by atoms with E-state index in [0.29, 0.717) is 16.7 Å². The van der Waals surface area contributed by atoms with Crippen molar-refractivity contribution < 1.29 is 33.3 Å². The molecular weight excluding hydrogens is 424 g/mol. The second-order valence-corrected chi connectivity index (χ2v) is 7.39. The smallest absolute Gasteiger partial charge is 0.338 e. The summed E-state index contributed by atoms with van der Waals surface area (Å²) in [6, 6.07) is 25.3. The highest BCUT2D eigenvalue weighted by Gasteiger charge is 2.42. The van der Waals surface area contributed by atoms with Crippen LogP contribution < -0.4 is 0 Å². The third-order valence-corrected chi connectivity index (χ3v) is 5.09. The van der Waals surface area contributed by atoms with Crippen molar-refractivity contribution in [2.75, 3.05) is 13.2 Å². The zero-order chi connectivity index (χ0) is 23.0. The molecule has 0 aliphatic carbocycles. The zero-order valence-electron chi connectivity index (χ0n) is 17.7. The lowest BCUT2D eigenvalue weighted by Crippen LogP contribution is -2.53. The number of hydrogen-bond donors (Lipinski definition) is 0. The van der Waals surface area contributed by atoms with E-state index in [4.69, 9.17) is 18.9 Å². The van der Waals surface area contributed by atoms with E-state index in [2.05, 4.69) is 0 Å². The van der Waals surface area contributed by atoms with Gasteiger partial charge in [-0.3, -0.25) is 0 Å². The summed E-state index contributed by atoms with van der Waals surface area (Å²) in [4.78, 5) is 38.0. The number of hydrogen-bond acceptors (Lipinski definition) is 7. The molecule has 4 rings (SSSR count). The fourth-order valence-electron chi connectivity index (χ4n) is 3.41. The van der Waals surface area contributed by atoms with Crippen LogP contribution in [0, 0.1) is 0 Å². The highest BCUT2D eigenvalue weighted by molar-refractivity contribution is 5.91. The van der Waals surface area contributed by atoms with Crippen molar-refractivity contribution in [1.82, 2.24) is 0 Å². The van der Waals surface area contributed by atoms with E-state index in [1.165, 1.54) is 0 Å². The van der Waals surface area contributed by atoms with Gasteiger partial charge in [-0.1, -0.05) is 54.6 Å². The molecule has 0 spiro atoms. The van der Waals surface area contributed by atoms with E-state index in [9.17, 15) is 14.4 Å². The number of benzene rings is 3. The summed E-state index contributed by atoms with van der Waals surface area (Å²) in [7, 11) is 0. The van der Waals surface area contributed by atoms with Crippen LogP contribution >= 0.6 is 0 Å². The minimum absolute atomic E-state index is 0.00923. The first kappa shape index (κ1) is 22.2. The quantitative estimate of drug-likeness (QED) is 0.421. The number of rotatable bonds is 6. The standard InChI is InChI=1S/C26H22O7/c27-24(18-10-4-1-5-11-18)31-21-16-30-17-22(32-25(28)19-12-6-2-7-13-19)23(21)33-26(29)20-14-8-3-9-15-20/h1-15,21-23H,16-17H2/t21-,22-/m0/s1. The molecule has 2 atom stereocenters. The summed E-state index contributed by atoms with van der Waals surface area (Å²) in [5.41, 5.74) is 1.01. The van der Waals surface area contributed by atoms with Crippen molar-refractivity contribution in [2.24, 2.45) is 0 Å². The fourth-order valence-corrected chi connectivity index (χ4v) is 3.41. The van der Waals surface area contributed by atoms with Crippen LogP contribution in [-0.4, -0.2) is 49.4 Å². The lowest BCUT2D eigenvalue weighted by atomic mass is 10.1. The van der Waals surface area contributed by atoms with Crippen LogP contribution in [0.25, 0.3) is 0 Å². The van der Waals surface area contributed by atoms with E-state index < -0.39 is 36.2 Å². The van der Waals surface area contributed by atoms with Gasteiger partial charge >= 0.3 is 17.9 Å². The largest absolute Gasteiger partial charge is 0.452 e. The molecule has 3 aromatic carbocycles. The molecule has 168 valence electrons. The Morgan fingerprint density at radius 1 is 0.545 bits per heavy atom. The first-order valence-electron chi connectivity index (χ1n) is 10.5. The third-order valence-electron chi connectivity index (χ3n) is 5.09. The lowest BCUT2D eigenvalue weighted by Gasteiger charge is -2.36. The first-order chi connectivity index (χ1) is 16.1. The van der Waals surface area contributed by atoms with Crippen LogP contribution in [0.1, 0.15) is 31.1 Å². The van der Waals surface area contributed by atoms with Gasteiger partial charge in [0.15, 0.2) is 18.3 Å². The van der Waals surface area contributed by atoms with E-state index in [1.54, 1.807) is 91.0 Å². The van der Waals surface area contributed by atoms with Crippen molar-refractivity contribution in [1.29, 1.82) is 0 Å². The van der Waals surface area contributed by atoms with E-state index >= 15 is 0 Å². The summed E-state index contributed by atoms with van der Waals surface area (Å²) >= 11 is 0. The van der Waals surface area contributed by atoms with E-state index in [0.717, 1.165) is 0 Å². The second-order valence-electron chi connectivity index (χ2n) is 7.39. The van der Waals surface area contributed by atoms with Gasteiger partial charge in [0, 0.05) is 0 Å². The van der Waals surface area contributed by atoms with Crippen LogP contribution in [0.4, 0.5) is 0 Å². The highest BCUT2D eigenvalue weighted by atomic mass is 16.6. The molecule has 0 N–H and O–H groups in total. The maximum Gasteiger partial charge on any atom is 0.338 e. The molecule has 0 saturated carbocycles. The maximum absolute atomic E-state index is 12.8. The topological polar surface area (TPSA) is 88.1 Å². The average molecular weight is 446 g/mol. The minimum Gasteiger partial charge on any atom is -0.452 e. The normalized spacial score (nSPS) is 18.2. The summed E-state index contributed by atoms with van der Waals surface area (Å²) in [5, 5.41) is 0. The lowest BCUT2D eigenvalue weighted by molar-refractivity contribution is -0.157. The van der Waals surface area contributed by atoms with Gasteiger partial charge in [0.05, 0.1) is 29.9 Å². The minimum atomic E-state index is -1.05. The monoisotopic (exact) mass is 446 g/mol. The maximum atomic E-state index is 12.8. The second kappa shape index (κ2) is 10.6. The zero-order valence-corrected chi connectivity index (χ0v) is 17.7. The molecule has 1 saturated heterocycles. The van der Waals surface area contributed by atoms with Crippen molar-refractivity contribution in [2.45, 2.75) is 18.3 Å². The van der Waals surface area contributed by atoms with Crippen molar-refractivity contribution in [3.63, 3.8) is 0 Å². The van der Waals surface area contributed by atoms with Gasteiger partial charge in [0.1, 0.15) is 0 Å². The van der Waals surface area contributed by atoms with Gasteiger partial charge in [0.25, 0.3) is 0 Å². The Balaban J connectivity index is 1.55. The van der Waals surface area contributed by atoms with Gasteiger partial charge in [-0.2, -0.15) is 0 Å². The molecule has 0 radical (unpaired) electrons. The molecule has 7 heteroatoms. The van der Waals surface area contributed by atoms with Gasteiger partial charge in [-0.05, 0) is 36.4 Å². The Bertz CT molecular complexity index is 1020. The Morgan fingerprint density at radius 2 is 0.879 bits per heavy atom. The molecule has 0 bridgehead atoms. The predicted octanol–water partition coefficient (Wildman–Crippen LogP) is 3.69. The first-order valence-corrected chi connectivity index (χ1v) is 10.5. The molecule has 33 heavy (non-hydrogen) atoms. The van der Waals surface area contributed by atoms with Crippen molar-refractivity contribution >= 4 is 17.9 Å². The van der Waals surface area contributed by atoms with Gasteiger partial charge in [-0.15, -0.1) is 0 Å². The Labute approximate surface area is 190 Å². The summed E-state index contributed by atoms with van der Waals surface area (Å²) in [6.45, 7) is -0.0185. The Kier molecular flexibility index (Phi) is 7.12. The molecule has 1 fully saturated rings.